The Kier molecular flexibility index (Phi) is 8.22. The molecule has 10 heteroatoms. The van der Waals surface area contributed by atoms with E-state index in [1.807, 2.05) is 13.0 Å². The van der Waals surface area contributed by atoms with Crippen LogP contribution in [-0.4, -0.2) is 35.2 Å². The van der Waals surface area contributed by atoms with Gasteiger partial charge >= 0.3 is 0 Å². The van der Waals surface area contributed by atoms with Crippen LogP contribution in [0, 0.1) is 6.92 Å². The minimum atomic E-state index is -1.87. The molecule has 0 spiro atoms. The maximum Gasteiger partial charge on any atom is 0.252 e. The second-order valence-corrected chi connectivity index (χ2v) is 8.76. The van der Waals surface area contributed by atoms with Crippen LogP contribution in [0.3, 0.4) is 0 Å². The topological polar surface area (TPSA) is 71.6 Å². The lowest BCUT2D eigenvalue weighted by atomic mass is 10.1. The van der Waals surface area contributed by atoms with Crippen LogP contribution in [0.5, 0.6) is 11.5 Å². The van der Waals surface area contributed by atoms with Gasteiger partial charge in [0.05, 0.1) is 19.9 Å². The third-order valence-electron chi connectivity index (χ3n) is 3.81. The van der Waals surface area contributed by atoms with Crippen LogP contribution in [0.2, 0.25) is 0 Å². The maximum absolute atomic E-state index is 12.6. The van der Waals surface area contributed by atoms with Gasteiger partial charge in [0.25, 0.3) is 5.91 Å². The molecule has 0 fully saturated rings. The van der Waals surface area contributed by atoms with Gasteiger partial charge in [-0.1, -0.05) is 52.5 Å². The molecule has 0 aliphatic heterocycles. The number of ether oxygens (including phenoxy) is 2. The minimum Gasteiger partial charge on any atom is -0.497 e. The lowest BCUT2D eigenvalue weighted by Gasteiger charge is -2.28. The van der Waals surface area contributed by atoms with Crippen LogP contribution < -0.4 is 25.4 Å². The van der Waals surface area contributed by atoms with E-state index in [0.717, 1.165) is 5.56 Å². The molecule has 0 aliphatic rings. The van der Waals surface area contributed by atoms with Gasteiger partial charge in [0.1, 0.15) is 17.7 Å². The van der Waals surface area contributed by atoms with Crippen molar-refractivity contribution in [1.82, 2.24) is 10.6 Å². The van der Waals surface area contributed by atoms with Crippen LogP contribution in [-0.2, 0) is 0 Å². The first-order chi connectivity index (χ1) is 13.6. The van der Waals surface area contributed by atoms with Gasteiger partial charge < -0.3 is 25.4 Å². The third-order valence-corrected chi connectivity index (χ3v) is 4.69. The van der Waals surface area contributed by atoms with Crippen LogP contribution >= 0.6 is 47.0 Å². The zero-order valence-electron chi connectivity index (χ0n) is 15.9. The van der Waals surface area contributed by atoms with E-state index in [-0.39, 0.29) is 5.11 Å². The fraction of sp³-hybridized carbons (Fsp3) is 0.263. The summed E-state index contributed by atoms with van der Waals surface area (Å²) in [7, 11) is 3.07. The number of methoxy groups -OCH3 is 2. The van der Waals surface area contributed by atoms with Crippen molar-refractivity contribution < 1.29 is 14.3 Å². The molecule has 2 rings (SSSR count). The van der Waals surface area contributed by atoms with E-state index in [0.29, 0.717) is 22.7 Å². The second-order valence-electron chi connectivity index (χ2n) is 5.98. The molecule has 0 bridgehead atoms. The van der Waals surface area contributed by atoms with Gasteiger partial charge in [-0.05, 0) is 43.4 Å². The Morgan fingerprint density at radius 3 is 2.38 bits per heavy atom. The molecule has 0 saturated carbocycles. The van der Waals surface area contributed by atoms with Crippen LogP contribution in [0.15, 0.2) is 42.5 Å². The number of hydrogen-bond acceptors (Lipinski definition) is 4. The fourth-order valence-corrected chi connectivity index (χ4v) is 2.96. The number of nitrogens with one attached hydrogen (secondary N) is 3. The highest BCUT2D eigenvalue weighted by atomic mass is 35.6. The molecular formula is C19H20Cl3N3O3S. The van der Waals surface area contributed by atoms with Crippen LogP contribution in [0.1, 0.15) is 15.9 Å². The molecule has 156 valence electrons. The van der Waals surface area contributed by atoms with Gasteiger partial charge in [0, 0.05) is 11.6 Å². The number of carbonyl (C=O) groups excluding carboxylic acids is 1. The molecule has 0 radical (unpaired) electrons. The molecular weight excluding hydrogens is 457 g/mol. The first kappa shape index (κ1) is 23.3. The number of carbonyl (C=O) groups is 1. The van der Waals surface area contributed by atoms with Crippen molar-refractivity contribution in [2.24, 2.45) is 0 Å². The van der Waals surface area contributed by atoms with Crippen molar-refractivity contribution in [2.75, 3.05) is 19.5 Å². The first-order valence-electron chi connectivity index (χ1n) is 8.38. The first-order valence-corrected chi connectivity index (χ1v) is 9.92. The highest BCUT2D eigenvalue weighted by molar-refractivity contribution is 7.80. The largest absolute Gasteiger partial charge is 0.497 e. The van der Waals surface area contributed by atoms with Crippen molar-refractivity contribution in [2.45, 2.75) is 16.9 Å². The Bertz CT molecular complexity index is 890. The summed E-state index contributed by atoms with van der Waals surface area (Å²) in [5.74, 6) is 0.713. The van der Waals surface area contributed by atoms with Gasteiger partial charge in [-0.2, -0.15) is 0 Å². The fourth-order valence-electron chi connectivity index (χ4n) is 2.40. The van der Waals surface area contributed by atoms with Crippen molar-refractivity contribution in [3.05, 3.63) is 53.6 Å². The standard InChI is InChI=1S/C19H20Cl3N3O3S/c1-11-5-4-6-12(9-11)16(26)24-17(19(20,21)22)25-18(29)23-14-10-13(27-2)7-8-15(14)28-3/h4-10,17H,1-3H3,(H,24,26)(H2,23,25,29)/t17-/m0/s1. The highest BCUT2D eigenvalue weighted by Crippen LogP contribution is 2.31. The van der Waals surface area contributed by atoms with Crippen LogP contribution in [0.4, 0.5) is 5.69 Å². The monoisotopic (exact) mass is 475 g/mol. The molecule has 2 aromatic carbocycles. The molecule has 0 aliphatic carbocycles. The SMILES string of the molecule is COc1ccc(OC)c(NC(=S)N[C@H](NC(=O)c2cccc(C)c2)C(Cl)(Cl)Cl)c1. The molecule has 3 N–H and O–H groups in total. The third kappa shape index (κ3) is 6.82. The molecule has 0 heterocycles. The molecule has 2 aromatic rings. The lowest BCUT2D eigenvalue weighted by molar-refractivity contribution is 0.0934. The van der Waals surface area contributed by atoms with Crippen molar-refractivity contribution in [3.8, 4) is 11.5 Å². The summed E-state index contributed by atoms with van der Waals surface area (Å²) in [5, 5.41) is 8.50. The number of rotatable bonds is 6. The van der Waals surface area contributed by atoms with E-state index in [2.05, 4.69) is 16.0 Å². The smallest absolute Gasteiger partial charge is 0.252 e. The van der Waals surface area contributed by atoms with E-state index in [1.54, 1.807) is 43.5 Å². The number of alkyl halides is 3. The minimum absolute atomic E-state index is 0.109. The Labute approximate surface area is 189 Å². The number of benzene rings is 2. The molecule has 6 nitrogen and oxygen atoms in total. The van der Waals surface area contributed by atoms with Gasteiger partial charge in [-0.15, -0.1) is 0 Å². The normalized spacial score (nSPS) is 11.9. The summed E-state index contributed by atoms with van der Waals surface area (Å²) in [5.41, 5.74) is 1.90. The van der Waals surface area contributed by atoms with E-state index in [1.165, 1.54) is 7.11 Å². The number of hydrogen-bond donors (Lipinski definition) is 3. The van der Waals surface area contributed by atoms with E-state index in [4.69, 9.17) is 56.5 Å². The number of aryl methyl sites for hydroxylation is 1. The molecule has 0 aromatic heterocycles. The van der Waals surface area contributed by atoms with E-state index in [9.17, 15) is 4.79 Å². The van der Waals surface area contributed by atoms with Gasteiger partial charge in [-0.25, -0.2) is 0 Å². The molecule has 1 atom stereocenters. The predicted molar refractivity (Wildman–Crippen MR) is 122 cm³/mol. The summed E-state index contributed by atoms with van der Waals surface area (Å²) in [6.07, 6.45) is -1.10. The molecule has 1 amide bonds. The average molecular weight is 477 g/mol. The van der Waals surface area contributed by atoms with Gasteiger partial charge in [0.2, 0.25) is 3.79 Å². The van der Waals surface area contributed by atoms with Crippen LogP contribution in [0.25, 0.3) is 0 Å². The van der Waals surface area contributed by atoms with E-state index < -0.39 is 15.9 Å². The molecule has 0 unspecified atom stereocenters. The number of thiocarbonyl (C=S) groups is 1. The molecule has 29 heavy (non-hydrogen) atoms. The van der Waals surface area contributed by atoms with Gasteiger partial charge in [0.15, 0.2) is 5.11 Å². The maximum atomic E-state index is 12.6. The summed E-state index contributed by atoms with van der Waals surface area (Å²) in [4.78, 5) is 12.6. The molecule has 0 saturated heterocycles. The lowest BCUT2D eigenvalue weighted by Crippen LogP contribution is -2.56. The summed E-state index contributed by atoms with van der Waals surface area (Å²) in [6, 6.07) is 12.2. The summed E-state index contributed by atoms with van der Waals surface area (Å²) < 4.78 is 8.63. The summed E-state index contributed by atoms with van der Waals surface area (Å²) in [6.45, 7) is 1.88. The van der Waals surface area contributed by atoms with Gasteiger partial charge in [-0.3, -0.25) is 4.79 Å². The van der Waals surface area contributed by atoms with Crippen molar-refractivity contribution >= 4 is 63.7 Å². The number of halogens is 3. The zero-order chi connectivity index (χ0) is 21.6. The Balaban J connectivity index is 2.14. The highest BCUT2D eigenvalue weighted by Gasteiger charge is 2.35. The zero-order valence-corrected chi connectivity index (χ0v) is 19.0. The number of anilines is 1. The van der Waals surface area contributed by atoms with E-state index >= 15 is 0 Å². The Morgan fingerprint density at radius 2 is 1.79 bits per heavy atom. The summed E-state index contributed by atoms with van der Waals surface area (Å²) >= 11 is 23.4. The quantitative estimate of drug-likeness (QED) is 0.326. The predicted octanol–water partition coefficient (Wildman–Crippen LogP) is 4.42. The Morgan fingerprint density at radius 1 is 1.07 bits per heavy atom. The van der Waals surface area contributed by atoms with Crippen molar-refractivity contribution in [3.63, 3.8) is 0 Å². The average Bonchev–Trinajstić information content (AvgIpc) is 2.66. The van der Waals surface area contributed by atoms with Crippen molar-refractivity contribution in [1.29, 1.82) is 0 Å². The number of amides is 1. The Hall–Kier alpha value is -1.93. The second kappa shape index (κ2) is 10.2.